The molecule has 0 aliphatic heterocycles. The monoisotopic (exact) mass is 332 g/mol. The van der Waals surface area contributed by atoms with Crippen LogP contribution in [-0.2, 0) is 9.53 Å². The van der Waals surface area contributed by atoms with Gasteiger partial charge in [0.2, 0.25) is 0 Å². The van der Waals surface area contributed by atoms with Gasteiger partial charge in [-0.25, -0.2) is 0 Å². The predicted octanol–water partition coefficient (Wildman–Crippen LogP) is 4.10. The summed E-state index contributed by atoms with van der Waals surface area (Å²) in [7, 11) is 0. The van der Waals surface area contributed by atoms with Gasteiger partial charge in [0.15, 0.2) is 0 Å². The Morgan fingerprint density at radius 2 is 1.92 bits per heavy atom. The zero-order valence-electron chi connectivity index (χ0n) is 15.3. The molecule has 0 aromatic heterocycles. The first-order chi connectivity index (χ1) is 11.3. The zero-order chi connectivity index (χ0) is 17.1. The lowest BCUT2D eigenvalue weighted by Gasteiger charge is -2.59. The largest absolute Gasteiger partial charge is 0.462 e. The number of hydrogen-bond acceptors (Lipinski definition) is 3. The molecular formula is C21H32O3. The molecule has 4 aliphatic carbocycles. The Labute approximate surface area is 145 Å². The van der Waals surface area contributed by atoms with Crippen molar-refractivity contribution in [3.8, 4) is 0 Å². The molecule has 0 bridgehead atoms. The summed E-state index contributed by atoms with van der Waals surface area (Å²) in [6.45, 7) is 6.37. The molecule has 3 nitrogen and oxygen atoms in total. The molecule has 0 spiro atoms. The average Bonchev–Trinajstić information content (AvgIpc) is 2.84. The Bertz CT molecular complexity index is 555. The molecule has 0 radical (unpaired) electrons. The van der Waals surface area contributed by atoms with E-state index in [1.807, 2.05) is 6.08 Å². The van der Waals surface area contributed by atoms with Gasteiger partial charge < -0.3 is 9.84 Å². The lowest BCUT2D eigenvalue weighted by atomic mass is 9.46. The third-order valence-electron chi connectivity index (χ3n) is 8.39. The second kappa shape index (κ2) is 5.59. The van der Waals surface area contributed by atoms with E-state index < -0.39 is 0 Å². The summed E-state index contributed by atoms with van der Waals surface area (Å²) in [5.41, 5.74) is 0.428. The van der Waals surface area contributed by atoms with Crippen molar-refractivity contribution >= 4 is 5.97 Å². The van der Waals surface area contributed by atoms with Crippen molar-refractivity contribution in [3.63, 3.8) is 0 Å². The Balaban J connectivity index is 1.61. The van der Waals surface area contributed by atoms with Crippen LogP contribution < -0.4 is 0 Å². The quantitative estimate of drug-likeness (QED) is 0.581. The molecule has 8 atom stereocenters. The molecule has 24 heavy (non-hydrogen) atoms. The third-order valence-corrected chi connectivity index (χ3v) is 8.39. The van der Waals surface area contributed by atoms with Crippen molar-refractivity contribution in [2.24, 2.45) is 34.5 Å². The first-order valence-electron chi connectivity index (χ1n) is 9.89. The lowest BCUT2D eigenvalue weighted by Crippen LogP contribution is -2.53. The Morgan fingerprint density at radius 3 is 2.67 bits per heavy atom. The second-order valence-electron chi connectivity index (χ2n) is 9.40. The Hall–Kier alpha value is -0.830. The van der Waals surface area contributed by atoms with Crippen molar-refractivity contribution in [2.45, 2.75) is 77.9 Å². The SMILES string of the molecule is CC(=O)O[C@H]1CC[C@H]2[C@@H]3CC[C@H]4C[C@H](O)C=C[C@]4(C)[C@H]3CC[C@]12C. The van der Waals surface area contributed by atoms with Gasteiger partial charge in [-0.2, -0.15) is 0 Å². The molecule has 4 aliphatic rings. The highest BCUT2D eigenvalue weighted by Crippen LogP contribution is 2.65. The van der Waals surface area contributed by atoms with Crippen LogP contribution in [0.5, 0.6) is 0 Å². The van der Waals surface area contributed by atoms with E-state index in [-0.39, 0.29) is 29.0 Å². The predicted molar refractivity (Wildman–Crippen MR) is 93.2 cm³/mol. The van der Waals surface area contributed by atoms with Crippen LogP contribution in [0.4, 0.5) is 0 Å². The van der Waals surface area contributed by atoms with E-state index in [2.05, 4.69) is 19.9 Å². The highest BCUT2D eigenvalue weighted by atomic mass is 16.5. The Kier molecular flexibility index (Phi) is 3.87. The van der Waals surface area contributed by atoms with Crippen LogP contribution in [0.2, 0.25) is 0 Å². The molecule has 1 N–H and O–H groups in total. The first-order valence-corrected chi connectivity index (χ1v) is 9.89. The molecule has 0 amide bonds. The van der Waals surface area contributed by atoms with Crippen LogP contribution in [-0.4, -0.2) is 23.3 Å². The first kappa shape index (κ1) is 16.6. The minimum Gasteiger partial charge on any atom is -0.462 e. The summed E-state index contributed by atoms with van der Waals surface area (Å²) in [6, 6.07) is 0. The third kappa shape index (κ3) is 2.30. The molecule has 0 saturated heterocycles. The molecular weight excluding hydrogens is 300 g/mol. The highest BCUT2D eigenvalue weighted by molar-refractivity contribution is 5.66. The standard InChI is InChI=1S/C21H32O3/c1-13(22)24-19-7-6-17-16-5-4-14-12-15(23)8-10-20(14,2)18(16)9-11-21(17,19)3/h8,10,14-19,23H,4-7,9,11-12H2,1-3H3/t14-,15+,16-,17-,18-,19-,20-,21-/m0/s1. The van der Waals surface area contributed by atoms with Gasteiger partial charge in [-0.15, -0.1) is 0 Å². The molecule has 3 heteroatoms. The minimum absolute atomic E-state index is 0.121. The van der Waals surface area contributed by atoms with E-state index in [1.165, 1.54) is 32.1 Å². The summed E-state index contributed by atoms with van der Waals surface area (Å²) in [5.74, 6) is 2.69. The second-order valence-corrected chi connectivity index (χ2v) is 9.40. The smallest absolute Gasteiger partial charge is 0.302 e. The number of allylic oxidation sites excluding steroid dienone is 1. The van der Waals surface area contributed by atoms with Gasteiger partial charge >= 0.3 is 5.97 Å². The normalized spacial score (nSPS) is 53.0. The van der Waals surface area contributed by atoms with Crippen molar-refractivity contribution in [2.75, 3.05) is 0 Å². The van der Waals surface area contributed by atoms with Gasteiger partial charge in [-0.1, -0.05) is 26.0 Å². The van der Waals surface area contributed by atoms with Gasteiger partial charge in [-0.3, -0.25) is 4.79 Å². The number of carbonyl (C=O) groups excluding carboxylic acids is 1. The Morgan fingerprint density at radius 1 is 1.12 bits per heavy atom. The lowest BCUT2D eigenvalue weighted by molar-refractivity contribution is -0.158. The van der Waals surface area contributed by atoms with Crippen molar-refractivity contribution in [1.82, 2.24) is 0 Å². The number of hydrogen-bond donors (Lipinski definition) is 1. The van der Waals surface area contributed by atoms with Crippen LogP contribution in [0.15, 0.2) is 12.2 Å². The summed E-state index contributed by atoms with van der Waals surface area (Å²) in [4.78, 5) is 11.5. The molecule has 0 heterocycles. The number of ether oxygens (including phenoxy) is 1. The van der Waals surface area contributed by atoms with Crippen LogP contribution in [0, 0.1) is 34.5 Å². The van der Waals surface area contributed by atoms with E-state index in [1.54, 1.807) is 6.92 Å². The molecule has 3 saturated carbocycles. The summed E-state index contributed by atoms with van der Waals surface area (Å²) in [6.07, 6.45) is 12.4. The van der Waals surface area contributed by atoms with Crippen molar-refractivity contribution in [3.05, 3.63) is 12.2 Å². The minimum atomic E-state index is -0.242. The van der Waals surface area contributed by atoms with Gasteiger partial charge in [0.25, 0.3) is 0 Å². The van der Waals surface area contributed by atoms with Gasteiger partial charge in [0.05, 0.1) is 6.10 Å². The maximum Gasteiger partial charge on any atom is 0.302 e. The van der Waals surface area contributed by atoms with E-state index in [9.17, 15) is 9.90 Å². The molecule has 4 rings (SSSR count). The number of aliphatic hydroxyl groups is 1. The van der Waals surface area contributed by atoms with Gasteiger partial charge in [0.1, 0.15) is 6.10 Å². The van der Waals surface area contributed by atoms with Crippen molar-refractivity contribution in [1.29, 1.82) is 0 Å². The van der Waals surface area contributed by atoms with E-state index in [4.69, 9.17) is 4.74 Å². The topological polar surface area (TPSA) is 46.5 Å². The molecule has 3 fully saturated rings. The fourth-order valence-electron chi connectivity index (χ4n) is 7.14. The van der Waals surface area contributed by atoms with E-state index in [0.29, 0.717) is 11.8 Å². The molecule has 0 aromatic rings. The van der Waals surface area contributed by atoms with Gasteiger partial charge in [-0.05, 0) is 74.0 Å². The molecule has 0 unspecified atom stereocenters. The number of aliphatic hydroxyl groups excluding tert-OH is 1. The summed E-state index contributed by atoms with van der Waals surface area (Å²) >= 11 is 0. The molecule has 0 aromatic carbocycles. The van der Waals surface area contributed by atoms with Crippen LogP contribution in [0.3, 0.4) is 0 Å². The summed E-state index contributed by atoms with van der Waals surface area (Å²) in [5, 5.41) is 10.0. The highest BCUT2D eigenvalue weighted by Gasteiger charge is 2.60. The van der Waals surface area contributed by atoms with Gasteiger partial charge in [0, 0.05) is 12.3 Å². The van der Waals surface area contributed by atoms with E-state index >= 15 is 0 Å². The number of esters is 1. The van der Waals surface area contributed by atoms with Crippen LogP contribution in [0.1, 0.15) is 65.7 Å². The maximum atomic E-state index is 11.5. The van der Waals surface area contributed by atoms with E-state index in [0.717, 1.165) is 24.7 Å². The maximum absolute atomic E-state index is 11.5. The van der Waals surface area contributed by atoms with Crippen LogP contribution >= 0.6 is 0 Å². The number of carbonyl (C=O) groups is 1. The van der Waals surface area contributed by atoms with Crippen LogP contribution in [0.25, 0.3) is 0 Å². The number of fused-ring (bicyclic) bond motifs is 5. The van der Waals surface area contributed by atoms with Crippen molar-refractivity contribution < 1.29 is 14.6 Å². The molecule has 134 valence electrons. The average molecular weight is 332 g/mol. The fourth-order valence-corrected chi connectivity index (χ4v) is 7.14. The fraction of sp³-hybridized carbons (Fsp3) is 0.857. The zero-order valence-corrected chi connectivity index (χ0v) is 15.3. The number of rotatable bonds is 1. The summed E-state index contributed by atoms with van der Waals surface area (Å²) < 4.78 is 5.72.